The van der Waals surface area contributed by atoms with Crippen molar-refractivity contribution in [2.45, 2.75) is 13.8 Å². The number of hydrogen-bond acceptors (Lipinski definition) is 1. The molecule has 0 bridgehead atoms. The maximum absolute atomic E-state index is 13.2. The molecule has 70 valence electrons. The van der Waals surface area contributed by atoms with E-state index in [1.165, 1.54) is 6.07 Å². The van der Waals surface area contributed by atoms with Crippen molar-refractivity contribution in [3.8, 4) is 0 Å². The average molecular weight is 244 g/mol. The highest BCUT2D eigenvalue weighted by Gasteiger charge is 2.03. The van der Waals surface area contributed by atoms with Crippen molar-refractivity contribution in [3.63, 3.8) is 0 Å². The largest absolute Gasteiger partial charge is 0.293 e. The van der Waals surface area contributed by atoms with Gasteiger partial charge in [0.2, 0.25) is 0 Å². The molecule has 0 heterocycles. The molecule has 1 rings (SSSR count). The number of benzene rings is 1. The molecule has 0 aliphatic carbocycles. The minimum atomic E-state index is -0.202. The van der Waals surface area contributed by atoms with Gasteiger partial charge in [-0.25, -0.2) is 4.39 Å². The van der Waals surface area contributed by atoms with Gasteiger partial charge in [-0.1, -0.05) is 15.9 Å². The standard InChI is InChI=1S/C10H11BrFN/c1-3-13-6-8-4-9(11)5-10(12)7(8)2/h4-6H,3H2,1-2H3. The van der Waals surface area contributed by atoms with Gasteiger partial charge < -0.3 is 0 Å². The summed E-state index contributed by atoms with van der Waals surface area (Å²) in [6.07, 6.45) is 1.70. The van der Waals surface area contributed by atoms with E-state index in [-0.39, 0.29) is 5.82 Å². The monoisotopic (exact) mass is 243 g/mol. The first-order valence-corrected chi connectivity index (χ1v) is 4.90. The molecule has 0 aromatic heterocycles. The Bertz CT molecular complexity index is 334. The summed E-state index contributed by atoms with van der Waals surface area (Å²) < 4.78 is 13.9. The van der Waals surface area contributed by atoms with Crippen LogP contribution in [0.3, 0.4) is 0 Å². The summed E-state index contributed by atoms with van der Waals surface area (Å²) >= 11 is 3.24. The third kappa shape index (κ3) is 2.62. The van der Waals surface area contributed by atoms with Crippen molar-refractivity contribution in [3.05, 3.63) is 33.5 Å². The Hall–Kier alpha value is -0.700. The second kappa shape index (κ2) is 4.51. The Labute approximate surface area is 85.8 Å². The van der Waals surface area contributed by atoms with Crippen LogP contribution >= 0.6 is 15.9 Å². The topological polar surface area (TPSA) is 12.4 Å². The van der Waals surface area contributed by atoms with E-state index in [2.05, 4.69) is 20.9 Å². The molecular weight excluding hydrogens is 233 g/mol. The second-order valence-electron chi connectivity index (χ2n) is 2.73. The highest BCUT2D eigenvalue weighted by molar-refractivity contribution is 9.10. The first kappa shape index (κ1) is 10.4. The molecule has 0 radical (unpaired) electrons. The molecular formula is C10H11BrFN. The number of aliphatic imine (C=N–C) groups is 1. The van der Waals surface area contributed by atoms with Crippen molar-refractivity contribution >= 4 is 22.1 Å². The maximum Gasteiger partial charge on any atom is 0.127 e. The Kier molecular flexibility index (Phi) is 3.60. The van der Waals surface area contributed by atoms with Crippen LogP contribution in [-0.4, -0.2) is 12.8 Å². The third-order valence-corrected chi connectivity index (χ3v) is 2.22. The van der Waals surface area contributed by atoms with E-state index in [1.807, 2.05) is 13.0 Å². The molecule has 0 saturated heterocycles. The molecule has 0 unspecified atom stereocenters. The Morgan fingerprint density at radius 3 is 2.85 bits per heavy atom. The normalized spacial score (nSPS) is 11.1. The highest BCUT2D eigenvalue weighted by atomic mass is 79.9. The fourth-order valence-electron chi connectivity index (χ4n) is 0.989. The van der Waals surface area contributed by atoms with E-state index < -0.39 is 0 Å². The molecule has 1 aromatic rings. The van der Waals surface area contributed by atoms with E-state index in [4.69, 9.17) is 0 Å². The molecule has 0 atom stereocenters. The molecule has 1 aromatic carbocycles. The van der Waals surface area contributed by atoms with Crippen molar-refractivity contribution in [2.24, 2.45) is 4.99 Å². The van der Waals surface area contributed by atoms with Gasteiger partial charge in [-0.2, -0.15) is 0 Å². The van der Waals surface area contributed by atoms with E-state index in [9.17, 15) is 4.39 Å². The van der Waals surface area contributed by atoms with Crippen LogP contribution in [0.5, 0.6) is 0 Å². The van der Waals surface area contributed by atoms with Gasteiger partial charge in [0.25, 0.3) is 0 Å². The van der Waals surface area contributed by atoms with Crippen LogP contribution < -0.4 is 0 Å². The second-order valence-corrected chi connectivity index (χ2v) is 3.65. The van der Waals surface area contributed by atoms with Gasteiger partial charge in [-0.15, -0.1) is 0 Å². The summed E-state index contributed by atoms with van der Waals surface area (Å²) in [6.45, 7) is 4.41. The molecule has 3 heteroatoms. The first-order valence-electron chi connectivity index (χ1n) is 4.10. The van der Waals surface area contributed by atoms with Crippen LogP contribution in [0.2, 0.25) is 0 Å². The van der Waals surface area contributed by atoms with Gasteiger partial charge in [0, 0.05) is 17.2 Å². The van der Waals surface area contributed by atoms with Gasteiger partial charge in [0.05, 0.1) is 0 Å². The van der Waals surface area contributed by atoms with Gasteiger partial charge in [-0.05, 0) is 37.1 Å². The van der Waals surface area contributed by atoms with Crippen molar-refractivity contribution in [1.29, 1.82) is 0 Å². The van der Waals surface area contributed by atoms with Crippen molar-refractivity contribution in [1.82, 2.24) is 0 Å². The zero-order valence-corrected chi connectivity index (χ0v) is 9.23. The molecule has 0 fully saturated rings. The van der Waals surface area contributed by atoms with Crippen LogP contribution in [0.15, 0.2) is 21.6 Å². The van der Waals surface area contributed by atoms with Crippen LogP contribution in [-0.2, 0) is 0 Å². The predicted octanol–water partition coefficient (Wildman–Crippen LogP) is 3.34. The SMILES string of the molecule is CCN=Cc1cc(Br)cc(F)c1C. The minimum absolute atomic E-state index is 0.202. The number of hydrogen-bond donors (Lipinski definition) is 0. The lowest BCUT2D eigenvalue weighted by Gasteiger charge is -2.02. The fourth-order valence-corrected chi connectivity index (χ4v) is 1.44. The van der Waals surface area contributed by atoms with E-state index in [0.717, 1.165) is 10.0 Å². The zero-order valence-electron chi connectivity index (χ0n) is 7.64. The van der Waals surface area contributed by atoms with Crippen LogP contribution in [0.25, 0.3) is 0 Å². The number of nitrogens with zero attached hydrogens (tertiary/aromatic N) is 1. The summed E-state index contributed by atoms with van der Waals surface area (Å²) in [5.74, 6) is -0.202. The lowest BCUT2D eigenvalue weighted by atomic mass is 10.1. The molecule has 0 N–H and O–H groups in total. The number of rotatable bonds is 2. The van der Waals surface area contributed by atoms with E-state index in [0.29, 0.717) is 12.1 Å². The maximum atomic E-state index is 13.2. The first-order chi connectivity index (χ1) is 6.15. The highest BCUT2D eigenvalue weighted by Crippen LogP contribution is 2.18. The predicted molar refractivity (Wildman–Crippen MR) is 57.0 cm³/mol. The average Bonchev–Trinajstić information content (AvgIpc) is 2.09. The van der Waals surface area contributed by atoms with Crippen molar-refractivity contribution in [2.75, 3.05) is 6.54 Å². The van der Waals surface area contributed by atoms with E-state index in [1.54, 1.807) is 13.1 Å². The summed E-state index contributed by atoms with van der Waals surface area (Å²) in [6, 6.07) is 3.32. The Balaban J connectivity index is 3.12. The molecule has 1 nitrogen and oxygen atoms in total. The van der Waals surface area contributed by atoms with Gasteiger partial charge in [0.15, 0.2) is 0 Å². The molecule has 0 spiro atoms. The van der Waals surface area contributed by atoms with Gasteiger partial charge in [-0.3, -0.25) is 4.99 Å². The van der Waals surface area contributed by atoms with Crippen LogP contribution in [0, 0.1) is 12.7 Å². The van der Waals surface area contributed by atoms with Crippen LogP contribution in [0.1, 0.15) is 18.1 Å². The van der Waals surface area contributed by atoms with Gasteiger partial charge in [0.1, 0.15) is 5.82 Å². The Morgan fingerprint density at radius 1 is 1.54 bits per heavy atom. The summed E-state index contributed by atoms with van der Waals surface area (Å²) in [5.41, 5.74) is 1.47. The molecule has 0 saturated carbocycles. The number of halogens is 2. The molecule has 0 aliphatic heterocycles. The smallest absolute Gasteiger partial charge is 0.127 e. The molecule has 0 amide bonds. The fraction of sp³-hybridized carbons (Fsp3) is 0.300. The van der Waals surface area contributed by atoms with Crippen LogP contribution in [0.4, 0.5) is 4.39 Å². The summed E-state index contributed by atoms with van der Waals surface area (Å²) in [5, 5.41) is 0. The zero-order chi connectivity index (χ0) is 9.84. The van der Waals surface area contributed by atoms with E-state index >= 15 is 0 Å². The third-order valence-electron chi connectivity index (χ3n) is 1.76. The lowest BCUT2D eigenvalue weighted by Crippen LogP contribution is -1.92. The molecule has 13 heavy (non-hydrogen) atoms. The quantitative estimate of drug-likeness (QED) is 0.707. The van der Waals surface area contributed by atoms with Gasteiger partial charge >= 0.3 is 0 Å². The summed E-state index contributed by atoms with van der Waals surface area (Å²) in [4.78, 5) is 4.07. The lowest BCUT2D eigenvalue weighted by molar-refractivity contribution is 0.617. The molecule has 0 aliphatic rings. The Morgan fingerprint density at radius 2 is 2.23 bits per heavy atom. The van der Waals surface area contributed by atoms with Crippen molar-refractivity contribution < 1.29 is 4.39 Å². The summed E-state index contributed by atoms with van der Waals surface area (Å²) in [7, 11) is 0. The minimum Gasteiger partial charge on any atom is -0.293 e.